The molecule has 2 nitrogen and oxygen atoms in total. The number of benzene rings is 1. The van der Waals surface area contributed by atoms with E-state index < -0.39 is 0 Å². The van der Waals surface area contributed by atoms with Gasteiger partial charge in [0.25, 0.3) is 0 Å². The number of aryl methyl sites for hydroxylation is 1. The first-order valence-electron chi connectivity index (χ1n) is 5.45. The Labute approximate surface area is 90.3 Å². The number of carbonyl (C=O) groups is 1. The highest BCUT2D eigenvalue weighted by atomic mass is 16.5. The number of methoxy groups -OCH3 is 1. The molecule has 0 saturated heterocycles. The highest BCUT2D eigenvalue weighted by Crippen LogP contribution is 2.40. The summed E-state index contributed by atoms with van der Waals surface area (Å²) in [7, 11) is 1.43. The van der Waals surface area contributed by atoms with E-state index in [4.69, 9.17) is 0 Å². The van der Waals surface area contributed by atoms with Gasteiger partial charge in [0.05, 0.1) is 7.11 Å². The molecule has 1 fully saturated rings. The zero-order valence-corrected chi connectivity index (χ0v) is 9.03. The highest BCUT2D eigenvalue weighted by molar-refractivity contribution is 5.69. The van der Waals surface area contributed by atoms with Crippen LogP contribution < -0.4 is 0 Å². The van der Waals surface area contributed by atoms with Crippen molar-refractivity contribution in [1.29, 1.82) is 0 Å². The average molecular weight is 204 g/mol. The van der Waals surface area contributed by atoms with Gasteiger partial charge in [-0.05, 0) is 36.3 Å². The van der Waals surface area contributed by atoms with E-state index in [0.29, 0.717) is 6.42 Å². The summed E-state index contributed by atoms with van der Waals surface area (Å²) in [6.45, 7) is 0. The van der Waals surface area contributed by atoms with Crippen molar-refractivity contribution < 1.29 is 9.53 Å². The quantitative estimate of drug-likeness (QED) is 0.705. The largest absolute Gasteiger partial charge is 0.469 e. The van der Waals surface area contributed by atoms with Gasteiger partial charge in [0.1, 0.15) is 0 Å². The second-order valence-electron chi connectivity index (χ2n) is 4.10. The van der Waals surface area contributed by atoms with Gasteiger partial charge in [-0.15, -0.1) is 0 Å². The van der Waals surface area contributed by atoms with Crippen molar-refractivity contribution in [2.24, 2.45) is 0 Å². The van der Waals surface area contributed by atoms with Crippen LogP contribution in [-0.2, 0) is 16.0 Å². The molecule has 0 aliphatic heterocycles. The number of ether oxygens (including phenoxy) is 1. The maximum Gasteiger partial charge on any atom is 0.305 e. The minimum Gasteiger partial charge on any atom is -0.469 e. The highest BCUT2D eigenvalue weighted by Gasteiger charge is 2.23. The summed E-state index contributed by atoms with van der Waals surface area (Å²) < 4.78 is 4.62. The van der Waals surface area contributed by atoms with Crippen LogP contribution in [0.4, 0.5) is 0 Å². The number of hydrogen-bond donors (Lipinski definition) is 0. The molecule has 2 heteroatoms. The SMILES string of the molecule is COC(=O)CCc1cccc(C2CC2)c1. The molecule has 1 aliphatic rings. The van der Waals surface area contributed by atoms with Gasteiger partial charge in [-0.2, -0.15) is 0 Å². The zero-order valence-electron chi connectivity index (χ0n) is 9.03. The number of rotatable bonds is 4. The summed E-state index contributed by atoms with van der Waals surface area (Å²) in [5, 5.41) is 0. The fourth-order valence-corrected chi connectivity index (χ4v) is 1.77. The van der Waals surface area contributed by atoms with Crippen LogP contribution in [0.2, 0.25) is 0 Å². The molecule has 0 bridgehead atoms. The first-order chi connectivity index (χ1) is 7.29. The Morgan fingerprint density at radius 2 is 2.27 bits per heavy atom. The molecule has 2 rings (SSSR count). The van der Waals surface area contributed by atoms with E-state index in [1.807, 2.05) is 0 Å². The lowest BCUT2D eigenvalue weighted by Gasteiger charge is -2.03. The summed E-state index contributed by atoms with van der Waals surface area (Å²) in [4.78, 5) is 11.0. The Morgan fingerprint density at radius 3 is 2.93 bits per heavy atom. The predicted molar refractivity (Wildman–Crippen MR) is 58.8 cm³/mol. The molecule has 1 aliphatic carbocycles. The number of esters is 1. The summed E-state index contributed by atoms with van der Waals surface area (Å²) in [6.07, 6.45) is 3.90. The van der Waals surface area contributed by atoms with Crippen molar-refractivity contribution >= 4 is 5.97 Å². The van der Waals surface area contributed by atoms with E-state index in [1.165, 1.54) is 31.1 Å². The molecule has 1 aromatic rings. The van der Waals surface area contributed by atoms with E-state index >= 15 is 0 Å². The molecular formula is C13H16O2. The minimum absolute atomic E-state index is 0.133. The van der Waals surface area contributed by atoms with Crippen LogP contribution in [0.5, 0.6) is 0 Å². The summed E-state index contributed by atoms with van der Waals surface area (Å²) in [6, 6.07) is 8.56. The third-order valence-corrected chi connectivity index (χ3v) is 2.85. The van der Waals surface area contributed by atoms with Crippen LogP contribution >= 0.6 is 0 Å². The van der Waals surface area contributed by atoms with Gasteiger partial charge in [0, 0.05) is 6.42 Å². The third-order valence-electron chi connectivity index (χ3n) is 2.85. The van der Waals surface area contributed by atoms with Crippen LogP contribution in [0, 0.1) is 0 Å². The fourth-order valence-electron chi connectivity index (χ4n) is 1.77. The Kier molecular flexibility index (Phi) is 3.05. The molecule has 0 atom stereocenters. The maximum atomic E-state index is 11.0. The van der Waals surface area contributed by atoms with Gasteiger partial charge >= 0.3 is 5.97 Å². The molecule has 0 N–H and O–H groups in total. The lowest BCUT2D eigenvalue weighted by atomic mass is 10.0. The second kappa shape index (κ2) is 4.47. The normalized spacial score (nSPS) is 15.0. The van der Waals surface area contributed by atoms with Crippen molar-refractivity contribution in [2.45, 2.75) is 31.6 Å². The molecule has 0 spiro atoms. The van der Waals surface area contributed by atoms with Crippen LogP contribution in [0.3, 0.4) is 0 Å². The molecule has 0 unspecified atom stereocenters. The van der Waals surface area contributed by atoms with Crippen molar-refractivity contribution in [3.05, 3.63) is 35.4 Å². The molecule has 0 aromatic heterocycles. The van der Waals surface area contributed by atoms with E-state index in [0.717, 1.165) is 12.3 Å². The van der Waals surface area contributed by atoms with Crippen molar-refractivity contribution in [2.75, 3.05) is 7.11 Å². The molecule has 1 aromatic carbocycles. The Bertz CT molecular complexity index is 353. The van der Waals surface area contributed by atoms with Gasteiger partial charge < -0.3 is 4.74 Å². The third kappa shape index (κ3) is 2.82. The number of carbonyl (C=O) groups excluding carboxylic acids is 1. The molecular weight excluding hydrogens is 188 g/mol. The average Bonchev–Trinajstić information content (AvgIpc) is 3.10. The molecule has 0 amide bonds. The number of hydrogen-bond acceptors (Lipinski definition) is 2. The topological polar surface area (TPSA) is 26.3 Å². The first kappa shape index (κ1) is 10.2. The molecule has 1 saturated carbocycles. The van der Waals surface area contributed by atoms with E-state index in [-0.39, 0.29) is 5.97 Å². The maximum absolute atomic E-state index is 11.0. The van der Waals surface area contributed by atoms with E-state index in [1.54, 1.807) is 0 Å². The lowest BCUT2D eigenvalue weighted by molar-refractivity contribution is -0.140. The monoisotopic (exact) mass is 204 g/mol. The molecule has 0 radical (unpaired) electrons. The first-order valence-corrected chi connectivity index (χ1v) is 5.45. The van der Waals surface area contributed by atoms with E-state index in [2.05, 4.69) is 29.0 Å². The summed E-state index contributed by atoms with van der Waals surface area (Å²) in [5.41, 5.74) is 2.67. The lowest BCUT2D eigenvalue weighted by Crippen LogP contribution is -2.01. The summed E-state index contributed by atoms with van der Waals surface area (Å²) >= 11 is 0. The van der Waals surface area contributed by atoms with Crippen LogP contribution in [0.25, 0.3) is 0 Å². The zero-order chi connectivity index (χ0) is 10.7. The molecule has 15 heavy (non-hydrogen) atoms. The van der Waals surface area contributed by atoms with Crippen molar-refractivity contribution in [3.8, 4) is 0 Å². The van der Waals surface area contributed by atoms with Gasteiger partial charge in [0.15, 0.2) is 0 Å². The van der Waals surface area contributed by atoms with Gasteiger partial charge in [0.2, 0.25) is 0 Å². The molecule has 0 heterocycles. The standard InChI is InChI=1S/C13H16O2/c1-15-13(14)8-5-10-3-2-4-12(9-10)11-6-7-11/h2-4,9,11H,5-8H2,1H3. The van der Waals surface area contributed by atoms with Crippen LogP contribution in [0.1, 0.15) is 36.3 Å². The molecule has 80 valence electrons. The Morgan fingerprint density at radius 1 is 1.47 bits per heavy atom. The Hall–Kier alpha value is -1.31. The second-order valence-corrected chi connectivity index (χ2v) is 4.10. The predicted octanol–water partition coefficient (Wildman–Crippen LogP) is 2.67. The smallest absolute Gasteiger partial charge is 0.305 e. The minimum atomic E-state index is -0.133. The Balaban J connectivity index is 1.95. The van der Waals surface area contributed by atoms with Gasteiger partial charge in [-0.1, -0.05) is 24.3 Å². The fraction of sp³-hybridized carbons (Fsp3) is 0.462. The van der Waals surface area contributed by atoms with Crippen molar-refractivity contribution in [1.82, 2.24) is 0 Å². The van der Waals surface area contributed by atoms with Crippen LogP contribution in [-0.4, -0.2) is 13.1 Å². The van der Waals surface area contributed by atoms with Gasteiger partial charge in [-0.3, -0.25) is 4.79 Å². The van der Waals surface area contributed by atoms with Crippen LogP contribution in [0.15, 0.2) is 24.3 Å². The summed E-state index contributed by atoms with van der Waals surface area (Å²) in [5.74, 6) is 0.648. The van der Waals surface area contributed by atoms with Crippen molar-refractivity contribution in [3.63, 3.8) is 0 Å². The van der Waals surface area contributed by atoms with Gasteiger partial charge in [-0.25, -0.2) is 0 Å². The van der Waals surface area contributed by atoms with E-state index in [9.17, 15) is 4.79 Å².